The summed E-state index contributed by atoms with van der Waals surface area (Å²) in [6.45, 7) is 2.52. The number of fused-ring (bicyclic) bond motifs is 2. The molecule has 0 aromatic carbocycles. The molecule has 0 aliphatic heterocycles. The molecule has 0 N–H and O–H groups in total. The van der Waals surface area contributed by atoms with Crippen LogP contribution in [0, 0.1) is 24.7 Å². The van der Waals surface area contributed by atoms with Crippen LogP contribution in [0.5, 0.6) is 0 Å². The van der Waals surface area contributed by atoms with Crippen LogP contribution in [0.2, 0.25) is 0 Å². The van der Waals surface area contributed by atoms with Gasteiger partial charge in [0.1, 0.15) is 0 Å². The third-order valence-corrected chi connectivity index (χ3v) is 8.69. The van der Waals surface area contributed by atoms with E-state index in [9.17, 15) is 8.42 Å². The largest absolute Gasteiger partial charge is 0.243 e. The van der Waals surface area contributed by atoms with E-state index < -0.39 is 10.0 Å². The number of alkyl halides is 1. The van der Waals surface area contributed by atoms with Gasteiger partial charge in [0, 0.05) is 23.3 Å². The normalized spacial score (nSPS) is 28.7. The number of aryl methyl sites for hydroxylation is 1. The van der Waals surface area contributed by atoms with Crippen LogP contribution < -0.4 is 0 Å². The SMILES string of the molecule is Cc1sc(CCl)cc1S(=O)(=O)N(C)CC1CC2CCC1C2. The Labute approximate surface area is 136 Å². The number of hydrogen-bond acceptors (Lipinski definition) is 3. The fourth-order valence-corrected chi connectivity index (χ4v) is 6.96. The predicted molar refractivity (Wildman–Crippen MR) is 87.4 cm³/mol. The highest BCUT2D eigenvalue weighted by Crippen LogP contribution is 2.48. The highest BCUT2D eigenvalue weighted by atomic mass is 35.5. The quantitative estimate of drug-likeness (QED) is 0.758. The third kappa shape index (κ3) is 2.90. The summed E-state index contributed by atoms with van der Waals surface area (Å²) in [5.41, 5.74) is 0. The van der Waals surface area contributed by atoms with Crippen molar-refractivity contribution in [2.45, 2.75) is 43.4 Å². The molecule has 1 aromatic heterocycles. The van der Waals surface area contributed by atoms with Crippen LogP contribution in [-0.2, 0) is 15.9 Å². The topological polar surface area (TPSA) is 37.4 Å². The van der Waals surface area contributed by atoms with E-state index in [0.29, 0.717) is 23.2 Å². The molecular weight excluding hydrogens is 326 g/mol. The average Bonchev–Trinajstić information content (AvgIpc) is 3.13. The van der Waals surface area contributed by atoms with Crippen molar-refractivity contribution in [2.75, 3.05) is 13.6 Å². The first-order valence-electron chi connectivity index (χ1n) is 7.53. The standard InChI is InChI=1S/C15H22ClNO2S2/c1-10-15(7-14(8-16)20-10)21(18,19)17(2)9-13-6-11-3-4-12(13)5-11/h7,11-13H,3-6,8-9H2,1-2H3. The first-order chi connectivity index (χ1) is 9.91. The van der Waals surface area contributed by atoms with Gasteiger partial charge in [0.15, 0.2) is 0 Å². The van der Waals surface area contributed by atoms with Crippen molar-refractivity contribution < 1.29 is 8.42 Å². The fourth-order valence-electron chi connectivity index (χ4n) is 4.04. The Kier molecular flexibility index (Phi) is 4.39. The van der Waals surface area contributed by atoms with Gasteiger partial charge in [-0.25, -0.2) is 12.7 Å². The summed E-state index contributed by atoms with van der Waals surface area (Å²) in [4.78, 5) is 2.19. The molecule has 0 radical (unpaired) electrons. The molecule has 0 saturated heterocycles. The van der Waals surface area contributed by atoms with Gasteiger partial charge >= 0.3 is 0 Å². The molecular formula is C15H22ClNO2S2. The molecule has 3 rings (SSSR count). The summed E-state index contributed by atoms with van der Waals surface area (Å²) in [7, 11) is -1.66. The minimum atomic E-state index is -3.38. The van der Waals surface area contributed by atoms with Gasteiger partial charge in [-0.3, -0.25) is 0 Å². The lowest BCUT2D eigenvalue weighted by Crippen LogP contribution is -2.33. The monoisotopic (exact) mass is 347 g/mol. The Balaban J connectivity index is 1.76. The maximum Gasteiger partial charge on any atom is 0.243 e. The molecule has 0 amide bonds. The molecule has 2 aliphatic rings. The van der Waals surface area contributed by atoms with Crippen molar-refractivity contribution in [3.63, 3.8) is 0 Å². The van der Waals surface area contributed by atoms with Crippen LogP contribution >= 0.6 is 22.9 Å². The van der Waals surface area contributed by atoms with Crippen LogP contribution in [0.1, 0.15) is 35.4 Å². The molecule has 3 nitrogen and oxygen atoms in total. The van der Waals surface area contributed by atoms with Crippen LogP contribution in [0.4, 0.5) is 0 Å². The first-order valence-corrected chi connectivity index (χ1v) is 10.3. The second-order valence-corrected chi connectivity index (χ2v) is 10.1. The smallest absolute Gasteiger partial charge is 0.207 e. The van der Waals surface area contributed by atoms with Gasteiger partial charge in [0.2, 0.25) is 10.0 Å². The number of hydrogen-bond donors (Lipinski definition) is 0. The predicted octanol–water partition coefficient (Wildman–Crippen LogP) is 3.85. The maximum absolute atomic E-state index is 12.8. The molecule has 21 heavy (non-hydrogen) atoms. The van der Waals surface area contributed by atoms with E-state index in [1.54, 1.807) is 17.4 Å². The van der Waals surface area contributed by atoms with Gasteiger partial charge in [-0.2, -0.15) is 0 Å². The molecule has 2 fully saturated rings. The minimum Gasteiger partial charge on any atom is -0.207 e. The van der Waals surface area contributed by atoms with Crippen LogP contribution in [0.25, 0.3) is 0 Å². The Morgan fingerprint density at radius 1 is 1.38 bits per heavy atom. The van der Waals surface area contributed by atoms with E-state index in [-0.39, 0.29) is 0 Å². The van der Waals surface area contributed by atoms with Gasteiger partial charge in [0.25, 0.3) is 0 Å². The van der Waals surface area contributed by atoms with Gasteiger partial charge in [-0.05, 0) is 50.0 Å². The van der Waals surface area contributed by atoms with Crippen molar-refractivity contribution in [1.29, 1.82) is 0 Å². The summed E-state index contributed by atoms with van der Waals surface area (Å²) in [6.07, 6.45) is 5.16. The van der Waals surface area contributed by atoms with E-state index in [2.05, 4.69) is 0 Å². The zero-order valence-electron chi connectivity index (χ0n) is 12.5. The van der Waals surface area contributed by atoms with Gasteiger partial charge in [0.05, 0.1) is 10.8 Å². The van der Waals surface area contributed by atoms with Gasteiger partial charge in [-0.15, -0.1) is 22.9 Å². The van der Waals surface area contributed by atoms with E-state index in [1.807, 2.05) is 6.92 Å². The molecule has 118 valence electrons. The number of nitrogens with zero attached hydrogens (tertiary/aromatic N) is 1. The third-order valence-electron chi connectivity index (χ3n) is 5.12. The van der Waals surface area contributed by atoms with Crippen LogP contribution in [-0.4, -0.2) is 26.3 Å². The van der Waals surface area contributed by atoms with Crippen LogP contribution in [0.3, 0.4) is 0 Å². The minimum absolute atomic E-state index is 0.372. The highest BCUT2D eigenvalue weighted by Gasteiger charge is 2.41. The number of rotatable bonds is 5. The van der Waals surface area contributed by atoms with Crippen molar-refractivity contribution in [3.05, 3.63) is 15.8 Å². The first kappa shape index (κ1) is 15.8. The van der Waals surface area contributed by atoms with Crippen molar-refractivity contribution in [2.24, 2.45) is 17.8 Å². The van der Waals surface area contributed by atoms with E-state index >= 15 is 0 Å². The molecule has 2 aliphatic carbocycles. The Morgan fingerprint density at radius 2 is 2.14 bits per heavy atom. The highest BCUT2D eigenvalue weighted by molar-refractivity contribution is 7.89. The summed E-state index contributed by atoms with van der Waals surface area (Å²) in [6, 6.07) is 1.74. The van der Waals surface area contributed by atoms with E-state index in [4.69, 9.17) is 11.6 Å². The van der Waals surface area contributed by atoms with Crippen molar-refractivity contribution in [3.8, 4) is 0 Å². The summed E-state index contributed by atoms with van der Waals surface area (Å²) in [5, 5.41) is 0. The lowest BCUT2D eigenvalue weighted by molar-refractivity contribution is 0.280. The van der Waals surface area contributed by atoms with Gasteiger partial charge < -0.3 is 0 Å². The molecule has 1 aromatic rings. The second kappa shape index (κ2) is 5.84. The molecule has 6 heteroatoms. The molecule has 1 heterocycles. The molecule has 2 bridgehead atoms. The average molecular weight is 348 g/mol. The number of thiophene rings is 1. The lowest BCUT2D eigenvalue weighted by atomic mass is 9.89. The summed E-state index contributed by atoms with van der Waals surface area (Å²) in [5.74, 6) is 2.52. The van der Waals surface area contributed by atoms with Crippen molar-refractivity contribution >= 4 is 33.0 Å². The molecule has 3 atom stereocenters. The summed E-state index contributed by atoms with van der Waals surface area (Å²) < 4.78 is 27.1. The van der Waals surface area contributed by atoms with Crippen molar-refractivity contribution in [1.82, 2.24) is 4.31 Å². The number of halogens is 1. The Hall–Kier alpha value is -0.100. The zero-order chi connectivity index (χ0) is 15.2. The molecule has 2 saturated carbocycles. The second-order valence-electron chi connectivity index (χ2n) is 6.49. The Bertz CT molecular complexity index is 626. The van der Waals surface area contributed by atoms with E-state index in [0.717, 1.165) is 21.6 Å². The Morgan fingerprint density at radius 3 is 2.67 bits per heavy atom. The van der Waals surface area contributed by atoms with Crippen LogP contribution in [0.15, 0.2) is 11.0 Å². The van der Waals surface area contributed by atoms with E-state index in [1.165, 1.54) is 37.0 Å². The lowest BCUT2D eigenvalue weighted by Gasteiger charge is -2.26. The van der Waals surface area contributed by atoms with Gasteiger partial charge in [-0.1, -0.05) is 6.42 Å². The molecule has 0 spiro atoms. The fraction of sp³-hybridized carbons (Fsp3) is 0.733. The summed E-state index contributed by atoms with van der Waals surface area (Å²) >= 11 is 7.30. The molecule has 3 unspecified atom stereocenters. The zero-order valence-corrected chi connectivity index (χ0v) is 14.9. The maximum atomic E-state index is 12.8. The number of sulfonamides is 1.